The van der Waals surface area contributed by atoms with E-state index in [4.69, 9.17) is 29.4 Å². The summed E-state index contributed by atoms with van der Waals surface area (Å²) in [5, 5.41) is 43.4. The molecule has 0 aromatic carbocycles. The van der Waals surface area contributed by atoms with Crippen molar-refractivity contribution in [2.75, 3.05) is 0 Å². The molecule has 24 N–H and O–H groups in total. The van der Waals surface area contributed by atoms with Crippen LogP contribution in [0.2, 0.25) is 0 Å². The molecule has 4 heterocycles. The van der Waals surface area contributed by atoms with Gasteiger partial charge in [0.25, 0.3) is 0 Å². The van der Waals surface area contributed by atoms with Crippen LogP contribution in [0, 0.1) is 58.1 Å². The predicted molar refractivity (Wildman–Crippen MR) is 192 cm³/mol. The third-order valence-corrected chi connectivity index (χ3v) is 8.00. The first-order valence-electron chi connectivity index (χ1n) is 12.8. The van der Waals surface area contributed by atoms with Gasteiger partial charge in [-0.15, -0.1) is 0 Å². The average molecular weight is 1070 g/mol. The molecule has 340 valence electrons. The Morgan fingerprint density at radius 3 is 0.719 bits per heavy atom. The predicted octanol–water partition coefficient (Wildman–Crippen LogP) is -8.07. The Morgan fingerprint density at radius 2 is 0.579 bits per heavy atom. The van der Waals surface area contributed by atoms with E-state index in [1.54, 1.807) is 12.1 Å². The number of nitrogens with zero attached hydrogens (tertiary/aromatic N) is 4. The minimum Gasteiger partial charge on any atom is -0.778 e. The van der Waals surface area contributed by atoms with Crippen molar-refractivity contribution in [3.05, 3.63) is 141 Å². The van der Waals surface area contributed by atoms with Gasteiger partial charge in [-0.05, 0) is 24.3 Å². The van der Waals surface area contributed by atoms with Crippen LogP contribution in [0.25, 0.3) is 0 Å². The molecule has 0 spiro atoms. The van der Waals surface area contributed by atoms with Crippen molar-refractivity contribution in [1.29, 1.82) is 0 Å². The van der Waals surface area contributed by atoms with Crippen molar-refractivity contribution >= 4 is 30.4 Å². The molecule has 0 radical (unpaired) electrons. The minimum absolute atomic E-state index is 0. The number of rotatable bonds is 8. The summed E-state index contributed by atoms with van der Waals surface area (Å²) in [6, 6.07) is 17.6. The Morgan fingerprint density at radius 1 is 0.404 bits per heavy atom. The quantitative estimate of drug-likeness (QED) is 0.0413. The molecule has 4 rings (SSSR count). The van der Waals surface area contributed by atoms with Crippen LogP contribution >= 0.6 is 30.4 Å². The van der Waals surface area contributed by atoms with Gasteiger partial charge in [0.1, 0.15) is 27.5 Å². The van der Waals surface area contributed by atoms with Gasteiger partial charge in [0.2, 0.25) is 22.8 Å². The van der Waals surface area contributed by atoms with Crippen LogP contribution in [-0.4, -0.2) is 62.2 Å². The standard InChI is InChI=1S/4C6H8NO4P.Er.8H2O/c4*8-7-4-2-1-3-6(7)5-12(9,10)11;;;;;;;;;/h4*1-4H,5H2,(H2,9,10,11);;8*1H2. The van der Waals surface area contributed by atoms with Gasteiger partial charge in [-0.25, -0.2) is 0 Å². The van der Waals surface area contributed by atoms with E-state index in [9.17, 15) is 48.9 Å². The fourth-order valence-corrected chi connectivity index (χ4v) is 5.82. The molecular formula is C24H48ErN4O24P4. The first kappa shape index (κ1) is 75.2. The third-order valence-electron chi connectivity index (χ3n) is 5.08. The fraction of sp³-hybridized carbons (Fsp3) is 0.167. The first-order valence-corrected chi connectivity index (χ1v) is 19.9. The molecular weight excluding hydrogens is 1020 g/mol. The Labute approximate surface area is 352 Å². The zero-order valence-electron chi connectivity index (χ0n) is 28.9. The van der Waals surface area contributed by atoms with E-state index >= 15 is 0 Å². The zero-order valence-corrected chi connectivity index (χ0v) is 34.3. The summed E-state index contributed by atoms with van der Waals surface area (Å²) < 4.78 is 43.5. The number of hydrogen-bond donors (Lipinski definition) is 6. The molecule has 2 unspecified atom stereocenters. The van der Waals surface area contributed by atoms with Crippen LogP contribution in [0.5, 0.6) is 0 Å². The maximum absolute atomic E-state index is 10.9. The molecule has 0 amide bonds. The monoisotopic (exact) mass is 1070 g/mol. The third kappa shape index (κ3) is 37.4. The van der Waals surface area contributed by atoms with E-state index in [0.29, 0.717) is 18.9 Å². The maximum Gasteiger partial charge on any atom is 0.336 e. The Hall–Kier alpha value is -2.67. The minimum atomic E-state index is -4.39. The molecule has 0 aliphatic rings. The first-order chi connectivity index (χ1) is 22.0. The van der Waals surface area contributed by atoms with Gasteiger partial charge in [-0.3, -0.25) is 9.13 Å². The summed E-state index contributed by atoms with van der Waals surface area (Å²) in [7, 11) is -17.0. The van der Waals surface area contributed by atoms with Crippen molar-refractivity contribution in [2.45, 2.75) is 24.6 Å². The fourth-order valence-electron chi connectivity index (χ4n) is 3.18. The summed E-state index contributed by atoms with van der Waals surface area (Å²) >= 11 is 0. The topological polar surface area (TPSA) is 599 Å². The summed E-state index contributed by atoms with van der Waals surface area (Å²) in [5.74, 6) is 0. The summed E-state index contributed by atoms with van der Waals surface area (Å²) in [6.45, 7) is 0. The van der Waals surface area contributed by atoms with Crippen LogP contribution < -0.4 is 28.7 Å². The zero-order chi connectivity index (χ0) is 36.8. The van der Waals surface area contributed by atoms with Gasteiger partial charge in [0, 0.05) is 85.8 Å². The van der Waals surface area contributed by atoms with Gasteiger partial charge in [-0.2, -0.15) is 18.9 Å². The number of pyridine rings is 4. The molecule has 0 aliphatic carbocycles. The van der Waals surface area contributed by atoms with Crippen LogP contribution in [0.4, 0.5) is 0 Å². The molecule has 0 saturated carbocycles. The molecule has 0 fully saturated rings. The van der Waals surface area contributed by atoms with E-state index in [1.807, 2.05) is 0 Å². The van der Waals surface area contributed by atoms with Crippen LogP contribution in [0.3, 0.4) is 0 Å². The van der Waals surface area contributed by atoms with Gasteiger partial charge in [-0.1, -0.05) is 0 Å². The Kier molecular flexibility index (Phi) is 45.1. The summed E-state index contributed by atoms with van der Waals surface area (Å²) in [6.07, 6.45) is 2.45. The van der Waals surface area contributed by atoms with Crippen molar-refractivity contribution < 1.29 is 157 Å². The average Bonchev–Trinajstić information content (AvgIpc) is 2.92. The van der Waals surface area contributed by atoms with Gasteiger partial charge in [0.05, 0.1) is 12.3 Å². The molecule has 0 bridgehead atoms. The van der Waals surface area contributed by atoms with Crippen LogP contribution in [0.1, 0.15) is 22.8 Å². The van der Waals surface area contributed by atoms with Gasteiger partial charge < -0.3 is 113 Å². The SMILES string of the molecule is O.O.O.O.O.O.O=P(O)(O)Cc1cccc[n+]1[O-].O=P(O)(O)Cc1cccc[n+]1[O-].O=P([O-])(O)Cc1cccc[n+]1[O-].O=P([O-])(O)Cc1cccc[n+]1[O-].[Er].[OH3+].[OH3+]. The van der Waals surface area contributed by atoms with Gasteiger partial charge >= 0.3 is 15.2 Å². The number of aromatic nitrogens is 4. The molecule has 0 saturated heterocycles. The molecule has 4 aromatic rings. The smallest absolute Gasteiger partial charge is 0.336 e. The molecule has 57 heavy (non-hydrogen) atoms. The van der Waals surface area contributed by atoms with E-state index in [-0.39, 0.29) is 104 Å². The molecule has 0 aliphatic heterocycles. The number of hydrogen-bond acceptors (Lipinski definition) is 10. The molecule has 2 atom stereocenters. The van der Waals surface area contributed by atoms with E-state index in [1.165, 1.54) is 85.5 Å². The Bertz CT molecular complexity index is 1560. The van der Waals surface area contributed by atoms with Gasteiger partial charge in [0.15, 0.2) is 24.8 Å². The van der Waals surface area contributed by atoms with Crippen molar-refractivity contribution in [2.24, 2.45) is 0 Å². The molecule has 28 nitrogen and oxygen atoms in total. The van der Waals surface area contributed by atoms with Crippen molar-refractivity contribution in [3.63, 3.8) is 0 Å². The maximum atomic E-state index is 10.9. The molecule has 4 aromatic heterocycles. The largest absolute Gasteiger partial charge is 0.778 e. The summed E-state index contributed by atoms with van der Waals surface area (Å²) in [5.41, 5.74) is 0.174. The second-order valence-corrected chi connectivity index (χ2v) is 15.8. The van der Waals surface area contributed by atoms with E-state index in [0.717, 1.165) is 0 Å². The second kappa shape index (κ2) is 34.2. The van der Waals surface area contributed by atoms with E-state index < -0.39 is 55.0 Å². The van der Waals surface area contributed by atoms with Crippen molar-refractivity contribution in [1.82, 2.24) is 0 Å². The summed E-state index contributed by atoms with van der Waals surface area (Å²) in [4.78, 5) is 71.9. The van der Waals surface area contributed by atoms with Crippen molar-refractivity contribution in [3.8, 4) is 0 Å². The second-order valence-electron chi connectivity index (χ2n) is 9.31. The molecule has 33 heteroatoms. The normalized spacial score (nSPS) is 11.4. The van der Waals surface area contributed by atoms with E-state index in [2.05, 4.69) is 0 Å². The Balaban J connectivity index is -0.0000000731. The van der Waals surface area contributed by atoms with Crippen LogP contribution in [0.15, 0.2) is 97.6 Å². The van der Waals surface area contributed by atoms with Crippen LogP contribution in [-0.2, 0) is 53.9 Å².